The van der Waals surface area contributed by atoms with Gasteiger partial charge in [-0.2, -0.15) is 0 Å². The number of hydrogen-bond donors (Lipinski definition) is 1. The number of piperidine rings is 1. The quantitative estimate of drug-likeness (QED) is 0.542. The molecule has 10 heteroatoms. The van der Waals surface area contributed by atoms with Crippen molar-refractivity contribution in [3.8, 4) is 11.5 Å². The highest BCUT2D eigenvalue weighted by Gasteiger charge is 2.36. The lowest BCUT2D eigenvalue weighted by molar-refractivity contribution is -0.129. The lowest BCUT2D eigenvalue weighted by Crippen LogP contribution is -2.48. The Morgan fingerprint density at radius 1 is 1.15 bits per heavy atom. The van der Waals surface area contributed by atoms with Gasteiger partial charge in [-0.25, -0.2) is 12.7 Å². The zero-order valence-corrected chi connectivity index (χ0v) is 20.5. The standard InChI is InChI=1S/C23H35N3O6S/c1-4-13-33(29,30)26-11-8-19(9-12-26)24-23(28)18-15-22(27)25(16-18)10-7-17-5-6-20(31-2)21(14-17)32-3/h5-6,14,18-19H,4,7-13,15-16H2,1-3H3,(H,24,28). The molecule has 0 radical (unpaired) electrons. The van der Waals surface area contributed by atoms with Gasteiger partial charge in [0.15, 0.2) is 11.5 Å². The molecule has 9 nitrogen and oxygen atoms in total. The predicted molar refractivity (Wildman–Crippen MR) is 125 cm³/mol. The second-order valence-corrected chi connectivity index (χ2v) is 10.8. The molecule has 1 aromatic rings. The van der Waals surface area contributed by atoms with E-state index in [1.165, 1.54) is 4.31 Å². The van der Waals surface area contributed by atoms with Crippen LogP contribution in [0.5, 0.6) is 11.5 Å². The normalized spacial score (nSPS) is 20.2. The molecule has 0 aliphatic carbocycles. The molecule has 0 aromatic heterocycles. The van der Waals surface area contributed by atoms with Gasteiger partial charge in [0.1, 0.15) is 0 Å². The molecule has 2 amide bonds. The smallest absolute Gasteiger partial charge is 0.225 e. The molecule has 184 valence electrons. The summed E-state index contributed by atoms with van der Waals surface area (Å²) < 4.78 is 36.5. The number of rotatable bonds is 10. The summed E-state index contributed by atoms with van der Waals surface area (Å²) in [5.41, 5.74) is 1.03. The summed E-state index contributed by atoms with van der Waals surface area (Å²) in [6.45, 7) is 3.64. The lowest BCUT2D eigenvalue weighted by atomic mass is 10.0. The maximum Gasteiger partial charge on any atom is 0.225 e. The molecule has 2 aliphatic heterocycles. The fourth-order valence-corrected chi connectivity index (χ4v) is 5.99. The van der Waals surface area contributed by atoms with E-state index in [2.05, 4.69) is 5.32 Å². The van der Waals surface area contributed by atoms with Crippen molar-refractivity contribution in [1.29, 1.82) is 0 Å². The van der Waals surface area contributed by atoms with Gasteiger partial charge >= 0.3 is 0 Å². The number of ether oxygens (including phenoxy) is 2. The Balaban J connectivity index is 1.47. The third kappa shape index (κ3) is 6.38. The number of nitrogens with one attached hydrogen (secondary N) is 1. The van der Waals surface area contributed by atoms with Crippen LogP contribution in [-0.4, -0.2) is 81.6 Å². The van der Waals surface area contributed by atoms with Crippen LogP contribution in [0.1, 0.15) is 38.2 Å². The number of sulfonamides is 1. The van der Waals surface area contributed by atoms with Crippen LogP contribution in [-0.2, 0) is 26.0 Å². The maximum absolute atomic E-state index is 12.8. The molecule has 1 unspecified atom stereocenters. The second-order valence-electron chi connectivity index (χ2n) is 8.68. The van der Waals surface area contributed by atoms with Crippen LogP contribution >= 0.6 is 0 Å². The van der Waals surface area contributed by atoms with Gasteiger partial charge in [-0.15, -0.1) is 0 Å². The first kappa shape index (κ1) is 25.3. The maximum atomic E-state index is 12.8. The van der Waals surface area contributed by atoms with Gasteiger partial charge in [0.05, 0.1) is 25.9 Å². The molecular weight excluding hydrogens is 446 g/mol. The third-order valence-electron chi connectivity index (χ3n) is 6.36. The number of methoxy groups -OCH3 is 2. The zero-order valence-electron chi connectivity index (χ0n) is 19.7. The summed E-state index contributed by atoms with van der Waals surface area (Å²) in [6.07, 6.45) is 2.65. The zero-order chi connectivity index (χ0) is 24.0. The van der Waals surface area contributed by atoms with E-state index >= 15 is 0 Å². The van der Waals surface area contributed by atoms with Crippen LogP contribution in [0.25, 0.3) is 0 Å². The molecule has 1 N–H and O–H groups in total. The molecule has 0 bridgehead atoms. The van der Waals surface area contributed by atoms with Crippen LogP contribution in [0.3, 0.4) is 0 Å². The Morgan fingerprint density at radius 3 is 2.48 bits per heavy atom. The highest BCUT2D eigenvalue weighted by atomic mass is 32.2. The van der Waals surface area contributed by atoms with Gasteiger partial charge in [0, 0.05) is 38.6 Å². The second kappa shape index (κ2) is 11.2. The van der Waals surface area contributed by atoms with E-state index in [0.29, 0.717) is 63.4 Å². The molecule has 2 aliphatic rings. The number of hydrogen-bond acceptors (Lipinski definition) is 6. The van der Waals surface area contributed by atoms with Crippen molar-refractivity contribution in [2.75, 3.05) is 46.2 Å². The molecule has 0 spiro atoms. The first-order chi connectivity index (χ1) is 15.8. The Labute approximate surface area is 196 Å². The summed E-state index contributed by atoms with van der Waals surface area (Å²) in [4.78, 5) is 27.0. The third-order valence-corrected chi connectivity index (χ3v) is 8.44. The van der Waals surface area contributed by atoms with E-state index < -0.39 is 10.0 Å². The minimum atomic E-state index is -3.20. The molecule has 2 saturated heterocycles. The van der Waals surface area contributed by atoms with Gasteiger partial charge in [-0.05, 0) is 43.4 Å². The van der Waals surface area contributed by atoms with E-state index in [1.807, 2.05) is 25.1 Å². The van der Waals surface area contributed by atoms with Crippen molar-refractivity contribution >= 4 is 21.8 Å². The average Bonchev–Trinajstić information content (AvgIpc) is 3.18. The van der Waals surface area contributed by atoms with E-state index in [0.717, 1.165) is 5.56 Å². The van der Waals surface area contributed by atoms with Gasteiger partial charge in [0.25, 0.3) is 0 Å². The monoisotopic (exact) mass is 481 g/mol. The molecule has 0 saturated carbocycles. The van der Waals surface area contributed by atoms with Crippen LogP contribution < -0.4 is 14.8 Å². The number of carbonyl (C=O) groups excluding carboxylic acids is 2. The minimum absolute atomic E-state index is 0.0175. The fourth-order valence-electron chi connectivity index (χ4n) is 4.45. The SMILES string of the molecule is CCCS(=O)(=O)N1CCC(NC(=O)C2CC(=O)N(CCc3ccc(OC)c(OC)c3)C2)CC1. The molecule has 3 rings (SSSR count). The Kier molecular flexibility index (Phi) is 8.58. The summed E-state index contributed by atoms with van der Waals surface area (Å²) in [6, 6.07) is 5.63. The van der Waals surface area contributed by atoms with Crippen molar-refractivity contribution in [3.63, 3.8) is 0 Å². The highest BCUT2D eigenvalue weighted by Crippen LogP contribution is 2.28. The van der Waals surface area contributed by atoms with Crippen LogP contribution in [0.4, 0.5) is 0 Å². The molecular formula is C23H35N3O6S. The van der Waals surface area contributed by atoms with Crippen LogP contribution in [0.15, 0.2) is 18.2 Å². The van der Waals surface area contributed by atoms with E-state index in [9.17, 15) is 18.0 Å². The topological polar surface area (TPSA) is 105 Å². The van der Waals surface area contributed by atoms with E-state index in [4.69, 9.17) is 9.47 Å². The van der Waals surface area contributed by atoms with Crippen molar-refractivity contribution < 1.29 is 27.5 Å². The van der Waals surface area contributed by atoms with Crippen molar-refractivity contribution in [2.45, 2.75) is 45.1 Å². The number of benzene rings is 1. The van der Waals surface area contributed by atoms with Crippen molar-refractivity contribution in [3.05, 3.63) is 23.8 Å². The first-order valence-corrected chi connectivity index (χ1v) is 13.1. The Morgan fingerprint density at radius 2 is 1.85 bits per heavy atom. The average molecular weight is 482 g/mol. The van der Waals surface area contributed by atoms with E-state index in [-0.39, 0.29) is 35.9 Å². The summed E-state index contributed by atoms with van der Waals surface area (Å²) >= 11 is 0. The lowest BCUT2D eigenvalue weighted by Gasteiger charge is -2.32. The molecule has 2 fully saturated rings. The number of nitrogens with zero attached hydrogens (tertiary/aromatic N) is 2. The molecule has 1 aromatic carbocycles. The van der Waals surface area contributed by atoms with E-state index in [1.54, 1.807) is 19.1 Å². The molecule has 2 heterocycles. The number of likely N-dealkylation sites (tertiary alicyclic amines) is 1. The summed E-state index contributed by atoms with van der Waals surface area (Å²) in [5, 5.41) is 3.04. The van der Waals surface area contributed by atoms with Gasteiger partial charge in [-0.1, -0.05) is 13.0 Å². The largest absolute Gasteiger partial charge is 0.493 e. The number of carbonyl (C=O) groups is 2. The van der Waals surface area contributed by atoms with Crippen molar-refractivity contribution in [2.24, 2.45) is 5.92 Å². The molecule has 33 heavy (non-hydrogen) atoms. The Bertz CT molecular complexity index is 944. The minimum Gasteiger partial charge on any atom is -0.493 e. The van der Waals surface area contributed by atoms with Crippen LogP contribution in [0, 0.1) is 5.92 Å². The predicted octanol–water partition coefficient (Wildman–Crippen LogP) is 1.42. The summed E-state index contributed by atoms with van der Waals surface area (Å²) in [5.74, 6) is 0.957. The van der Waals surface area contributed by atoms with Gasteiger partial charge in [-0.3, -0.25) is 9.59 Å². The van der Waals surface area contributed by atoms with Crippen LogP contribution in [0.2, 0.25) is 0 Å². The fraction of sp³-hybridized carbons (Fsp3) is 0.652. The van der Waals surface area contributed by atoms with Gasteiger partial charge in [0.2, 0.25) is 21.8 Å². The number of amides is 2. The molecule has 1 atom stereocenters. The Hall–Kier alpha value is -2.33. The van der Waals surface area contributed by atoms with Crippen molar-refractivity contribution in [1.82, 2.24) is 14.5 Å². The summed E-state index contributed by atoms with van der Waals surface area (Å²) in [7, 11) is -0.0261. The first-order valence-electron chi connectivity index (χ1n) is 11.5. The van der Waals surface area contributed by atoms with Gasteiger partial charge < -0.3 is 19.7 Å². The highest BCUT2D eigenvalue weighted by molar-refractivity contribution is 7.89.